The predicted molar refractivity (Wildman–Crippen MR) is 68.4 cm³/mol. The maximum absolute atomic E-state index is 9.43. The molecular formula is C10H16Cl2N4O. The van der Waals surface area contributed by atoms with Crippen LogP contribution in [0.25, 0.3) is 0 Å². The van der Waals surface area contributed by atoms with Gasteiger partial charge in [-0.05, 0) is 24.4 Å². The smallest absolute Gasteiger partial charge is 0.245 e. The van der Waals surface area contributed by atoms with Gasteiger partial charge < -0.3 is 10.4 Å². The Hall–Kier alpha value is -0.650. The molecular weight excluding hydrogens is 263 g/mol. The zero-order valence-electron chi connectivity index (χ0n) is 9.87. The number of hydrogen-bond acceptors (Lipinski definition) is 5. The van der Waals surface area contributed by atoms with E-state index >= 15 is 0 Å². The second-order valence-corrected chi connectivity index (χ2v) is 4.64. The van der Waals surface area contributed by atoms with Crippen molar-refractivity contribution < 1.29 is 5.11 Å². The molecule has 0 spiro atoms. The van der Waals surface area contributed by atoms with E-state index in [0.29, 0.717) is 12.4 Å². The molecule has 1 heterocycles. The fourth-order valence-electron chi connectivity index (χ4n) is 1.46. The van der Waals surface area contributed by atoms with Crippen molar-refractivity contribution in [3.8, 4) is 0 Å². The number of aromatic nitrogens is 3. The van der Waals surface area contributed by atoms with Crippen molar-refractivity contribution >= 4 is 29.0 Å². The van der Waals surface area contributed by atoms with Crippen molar-refractivity contribution in [3.05, 3.63) is 10.4 Å². The monoisotopic (exact) mass is 278 g/mol. The van der Waals surface area contributed by atoms with E-state index in [-0.39, 0.29) is 22.5 Å². The quantitative estimate of drug-likeness (QED) is 0.836. The topological polar surface area (TPSA) is 70.9 Å². The van der Waals surface area contributed by atoms with E-state index in [9.17, 15) is 5.11 Å². The molecule has 0 saturated carbocycles. The van der Waals surface area contributed by atoms with Crippen molar-refractivity contribution in [2.75, 3.05) is 18.5 Å². The summed E-state index contributed by atoms with van der Waals surface area (Å²) in [7, 11) is 0. The van der Waals surface area contributed by atoms with Crippen LogP contribution in [-0.4, -0.2) is 33.4 Å². The van der Waals surface area contributed by atoms with E-state index in [2.05, 4.69) is 20.5 Å². The summed E-state index contributed by atoms with van der Waals surface area (Å²) < 4.78 is 0. The summed E-state index contributed by atoms with van der Waals surface area (Å²) in [5.74, 6) is 0.395. The van der Waals surface area contributed by atoms with Crippen LogP contribution in [0.3, 0.4) is 0 Å². The second-order valence-electron chi connectivity index (χ2n) is 3.94. The van der Waals surface area contributed by atoms with Gasteiger partial charge in [-0.25, -0.2) is 0 Å². The minimum atomic E-state index is -0.180. The highest BCUT2D eigenvalue weighted by Crippen LogP contribution is 2.27. The van der Waals surface area contributed by atoms with Gasteiger partial charge in [-0.15, -0.1) is 10.2 Å². The first-order chi connectivity index (χ1) is 8.06. The Morgan fingerprint density at radius 2 is 1.88 bits per heavy atom. The molecule has 0 amide bonds. The van der Waals surface area contributed by atoms with Crippen LogP contribution in [0, 0.1) is 5.41 Å². The molecule has 5 nitrogen and oxygen atoms in total. The summed E-state index contributed by atoms with van der Waals surface area (Å²) in [5.41, 5.74) is -0.180. The maximum atomic E-state index is 9.43. The average Bonchev–Trinajstić information content (AvgIpc) is 2.35. The van der Waals surface area contributed by atoms with Gasteiger partial charge in [-0.3, -0.25) is 0 Å². The third-order valence-corrected chi connectivity index (χ3v) is 3.50. The molecule has 0 unspecified atom stereocenters. The summed E-state index contributed by atoms with van der Waals surface area (Å²) in [6.45, 7) is 4.74. The average molecular weight is 279 g/mol. The lowest BCUT2D eigenvalue weighted by atomic mass is 9.83. The van der Waals surface area contributed by atoms with E-state index in [0.717, 1.165) is 12.8 Å². The largest absolute Gasteiger partial charge is 0.396 e. The third kappa shape index (κ3) is 3.66. The predicted octanol–water partition coefficient (Wildman–Crippen LogP) is 2.39. The van der Waals surface area contributed by atoms with Gasteiger partial charge in [0, 0.05) is 12.0 Å². The standard InChI is InChI=1S/C10H16Cl2N4O/c1-3-10(4-2,6-17)5-13-8-7(11)15-16-9(12)14-8/h17H,3-6H2,1-2H3,(H,13,14,16). The maximum Gasteiger partial charge on any atom is 0.245 e. The normalized spacial score (nSPS) is 11.6. The van der Waals surface area contributed by atoms with Gasteiger partial charge in [0.25, 0.3) is 0 Å². The fraction of sp³-hybridized carbons (Fsp3) is 0.700. The number of nitrogens with one attached hydrogen (secondary N) is 1. The van der Waals surface area contributed by atoms with E-state index in [1.165, 1.54) is 0 Å². The van der Waals surface area contributed by atoms with Crippen LogP contribution < -0.4 is 5.32 Å². The van der Waals surface area contributed by atoms with Gasteiger partial charge in [0.05, 0.1) is 6.61 Å². The number of aliphatic hydroxyl groups is 1. The number of halogens is 2. The molecule has 1 aromatic rings. The van der Waals surface area contributed by atoms with Crippen LogP contribution >= 0.6 is 23.2 Å². The summed E-state index contributed by atoms with van der Waals surface area (Å²) in [5, 5.41) is 19.9. The lowest BCUT2D eigenvalue weighted by Gasteiger charge is -2.29. The molecule has 0 aromatic carbocycles. The van der Waals surface area contributed by atoms with E-state index in [4.69, 9.17) is 23.2 Å². The lowest BCUT2D eigenvalue weighted by molar-refractivity contribution is 0.127. The Kier molecular flexibility index (Phi) is 5.36. The van der Waals surface area contributed by atoms with Crippen LogP contribution in [0.1, 0.15) is 26.7 Å². The molecule has 0 aliphatic carbocycles. The Labute approximate surface area is 111 Å². The first kappa shape index (κ1) is 14.4. The van der Waals surface area contributed by atoms with Gasteiger partial charge in [-0.1, -0.05) is 25.4 Å². The van der Waals surface area contributed by atoms with Crippen molar-refractivity contribution in [3.63, 3.8) is 0 Å². The molecule has 96 valence electrons. The van der Waals surface area contributed by atoms with Crippen LogP contribution in [0.5, 0.6) is 0 Å². The zero-order valence-corrected chi connectivity index (χ0v) is 11.4. The molecule has 2 N–H and O–H groups in total. The highest BCUT2D eigenvalue weighted by Gasteiger charge is 2.25. The van der Waals surface area contributed by atoms with E-state index in [1.807, 2.05) is 13.8 Å². The molecule has 0 aliphatic rings. The van der Waals surface area contributed by atoms with E-state index < -0.39 is 0 Å². The molecule has 1 aromatic heterocycles. The Morgan fingerprint density at radius 3 is 2.41 bits per heavy atom. The van der Waals surface area contributed by atoms with Crippen molar-refractivity contribution in [1.82, 2.24) is 15.2 Å². The van der Waals surface area contributed by atoms with Gasteiger partial charge in [-0.2, -0.15) is 4.98 Å². The molecule has 7 heteroatoms. The molecule has 0 atom stereocenters. The third-order valence-electron chi connectivity index (χ3n) is 3.09. The number of aliphatic hydroxyl groups excluding tert-OH is 1. The van der Waals surface area contributed by atoms with Crippen molar-refractivity contribution in [2.24, 2.45) is 5.41 Å². The van der Waals surface area contributed by atoms with Crippen molar-refractivity contribution in [1.29, 1.82) is 0 Å². The number of rotatable bonds is 6. The summed E-state index contributed by atoms with van der Waals surface area (Å²) in [4.78, 5) is 3.95. The highest BCUT2D eigenvalue weighted by atomic mass is 35.5. The van der Waals surface area contributed by atoms with Gasteiger partial charge in [0.1, 0.15) is 0 Å². The van der Waals surface area contributed by atoms with Crippen molar-refractivity contribution in [2.45, 2.75) is 26.7 Å². The molecule has 1 rings (SSSR count). The molecule has 0 radical (unpaired) electrons. The van der Waals surface area contributed by atoms with Crippen LogP contribution in [-0.2, 0) is 0 Å². The Balaban J connectivity index is 2.75. The minimum absolute atomic E-state index is 0.0412. The summed E-state index contributed by atoms with van der Waals surface area (Å²) in [6.07, 6.45) is 1.72. The van der Waals surface area contributed by atoms with Crippen LogP contribution in [0.15, 0.2) is 0 Å². The molecule has 17 heavy (non-hydrogen) atoms. The SMILES string of the molecule is CCC(CC)(CO)CNc1nc(Cl)nnc1Cl. The van der Waals surface area contributed by atoms with Gasteiger partial charge in [0.15, 0.2) is 11.0 Å². The molecule has 0 saturated heterocycles. The van der Waals surface area contributed by atoms with Crippen LogP contribution in [0.2, 0.25) is 10.4 Å². The van der Waals surface area contributed by atoms with Crippen LogP contribution in [0.4, 0.5) is 5.82 Å². The highest BCUT2D eigenvalue weighted by molar-refractivity contribution is 6.32. The summed E-state index contributed by atoms with van der Waals surface area (Å²) in [6, 6.07) is 0. The molecule has 0 bridgehead atoms. The first-order valence-corrected chi connectivity index (χ1v) is 6.23. The fourth-order valence-corrected chi connectivity index (χ4v) is 1.73. The Morgan fingerprint density at radius 1 is 1.24 bits per heavy atom. The lowest BCUT2D eigenvalue weighted by Crippen LogP contribution is -2.32. The van der Waals surface area contributed by atoms with Gasteiger partial charge >= 0.3 is 0 Å². The van der Waals surface area contributed by atoms with E-state index in [1.54, 1.807) is 0 Å². The molecule has 0 aliphatic heterocycles. The number of hydrogen-bond donors (Lipinski definition) is 2. The minimum Gasteiger partial charge on any atom is -0.396 e. The zero-order chi connectivity index (χ0) is 12.9. The molecule has 0 fully saturated rings. The number of anilines is 1. The summed E-state index contributed by atoms with van der Waals surface area (Å²) >= 11 is 11.5. The number of nitrogens with zero attached hydrogens (tertiary/aromatic N) is 3. The van der Waals surface area contributed by atoms with Gasteiger partial charge in [0.2, 0.25) is 5.28 Å². The first-order valence-electron chi connectivity index (χ1n) is 5.47. The Bertz CT molecular complexity index is 363. The second kappa shape index (κ2) is 6.33.